The molecular formula is C15H19F3N4O. The van der Waals surface area contributed by atoms with E-state index < -0.39 is 24.7 Å². The number of carbonyl (C=O) groups is 1. The molecule has 126 valence electrons. The average Bonchev–Trinajstić information content (AvgIpc) is 2.83. The summed E-state index contributed by atoms with van der Waals surface area (Å²) in [5, 5.41) is 7.72. The topological polar surface area (TPSA) is 51.0 Å². The van der Waals surface area contributed by atoms with Crippen LogP contribution in [-0.4, -0.2) is 44.6 Å². The zero-order valence-electron chi connectivity index (χ0n) is 13.4. The van der Waals surface area contributed by atoms with Crippen molar-refractivity contribution in [3.63, 3.8) is 0 Å². The SMILES string of the molecule is CC(C)[C@H](C)N(CC(F)(F)F)C(=O)c1ccc2c(c1)nnn2C. The summed E-state index contributed by atoms with van der Waals surface area (Å²) in [6.45, 7) is 3.92. The lowest BCUT2D eigenvalue weighted by molar-refractivity contribution is -0.145. The Labute approximate surface area is 132 Å². The minimum absolute atomic E-state index is 0.0958. The van der Waals surface area contributed by atoms with Gasteiger partial charge in [-0.3, -0.25) is 4.79 Å². The van der Waals surface area contributed by atoms with Crippen LogP contribution in [0.5, 0.6) is 0 Å². The van der Waals surface area contributed by atoms with Crippen LogP contribution in [0.4, 0.5) is 13.2 Å². The number of hydrogen-bond acceptors (Lipinski definition) is 3. The molecule has 2 aromatic rings. The molecule has 0 bridgehead atoms. The average molecular weight is 328 g/mol. The van der Waals surface area contributed by atoms with Crippen molar-refractivity contribution in [1.82, 2.24) is 19.9 Å². The third-order valence-electron chi connectivity index (χ3n) is 3.92. The number of aromatic nitrogens is 3. The molecule has 0 aliphatic heterocycles. The number of aryl methyl sites for hydroxylation is 1. The van der Waals surface area contributed by atoms with Crippen LogP contribution >= 0.6 is 0 Å². The second kappa shape index (κ2) is 6.17. The zero-order valence-corrected chi connectivity index (χ0v) is 13.4. The summed E-state index contributed by atoms with van der Waals surface area (Å²) in [5.74, 6) is -0.752. The number of rotatable bonds is 4. The van der Waals surface area contributed by atoms with Crippen molar-refractivity contribution in [3.05, 3.63) is 23.8 Å². The van der Waals surface area contributed by atoms with Gasteiger partial charge in [0.1, 0.15) is 12.1 Å². The number of fused-ring (bicyclic) bond motifs is 1. The van der Waals surface area contributed by atoms with E-state index in [-0.39, 0.29) is 11.5 Å². The van der Waals surface area contributed by atoms with Gasteiger partial charge in [-0.25, -0.2) is 4.68 Å². The van der Waals surface area contributed by atoms with Crippen molar-refractivity contribution in [2.45, 2.75) is 33.0 Å². The van der Waals surface area contributed by atoms with Crippen LogP contribution in [0.1, 0.15) is 31.1 Å². The molecule has 5 nitrogen and oxygen atoms in total. The Morgan fingerprint density at radius 1 is 1.30 bits per heavy atom. The fraction of sp³-hybridized carbons (Fsp3) is 0.533. The van der Waals surface area contributed by atoms with Gasteiger partial charge >= 0.3 is 6.18 Å². The minimum atomic E-state index is -4.45. The predicted molar refractivity (Wildman–Crippen MR) is 79.9 cm³/mol. The number of alkyl halides is 3. The second-order valence-corrected chi connectivity index (χ2v) is 5.95. The highest BCUT2D eigenvalue weighted by Crippen LogP contribution is 2.23. The first kappa shape index (κ1) is 17.2. The third-order valence-corrected chi connectivity index (χ3v) is 3.92. The van der Waals surface area contributed by atoms with Crippen molar-refractivity contribution in [1.29, 1.82) is 0 Å². The van der Waals surface area contributed by atoms with Crippen molar-refractivity contribution < 1.29 is 18.0 Å². The molecule has 23 heavy (non-hydrogen) atoms. The van der Waals surface area contributed by atoms with Gasteiger partial charge in [0.15, 0.2) is 0 Å². The van der Waals surface area contributed by atoms with Crippen LogP contribution in [0.3, 0.4) is 0 Å². The predicted octanol–water partition coefficient (Wildman–Crippen LogP) is 3.02. The van der Waals surface area contributed by atoms with E-state index in [1.807, 2.05) is 0 Å². The summed E-state index contributed by atoms with van der Waals surface area (Å²) >= 11 is 0. The van der Waals surface area contributed by atoms with E-state index in [9.17, 15) is 18.0 Å². The van der Waals surface area contributed by atoms with Gasteiger partial charge in [0.05, 0.1) is 5.52 Å². The van der Waals surface area contributed by atoms with E-state index >= 15 is 0 Å². The van der Waals surface area contributed by atoms with E-state index in [2.05, 4.69) is 10.3 Å². The van der Waals surface area contributed by atoms with E-state index in [0.717, 1.165) is 4.90 Å². The zero-order chi connectivity index (χ0) is 17.4. The lowest BCUT2D eigenvalue weighted by atomic mass is 10.0. The summed E-state index contributed by atoms with van der Waals surface area (Å²) in [5.41, 5.74) is 1.36. The second-order valence-electron chi connectivity index (χ2n) is 5.95. The van der Waals surface area contributed by atoms with Gasteiger partial charge in [0.25, 0.3) is 5.91 Å². The molecule has 0 radical (unpaired) electrons. The Morgan fingerprint density at radius 2 is 1.96 bits per heavy atom. The smallest absolute Gasteiger partial charge is 0.327 e. The summed E-state index contributed by atoms with van der Waals surface area (Å²) in [7, 11) is 1.70. The Hall–Kier alpha value is -2.12. The molecule has 1 aromatic heterocycles. The van der Waals surface area contributed by atoms with E-state index in [4.69, 9.17) is 0 Å². The first-order chi connectivity index (χ1) is 10.6. The molecule has 0 saturated heterocycles. The third kappa shape index (κ3) is 3.80. The maximum absolute atomic E-state index is 12.8. The maximum atomic E-state index is 12.8. The monoisotopic (exact) mass is 328 g/mol. The first-order valence-electron chi connectivity index (χ1n) is 7.27. The molecule has 0 unspecified atom stereocenters. The first-order valence-corrected chi connectivity index (χ1v) is 7.27. The lowest BCUT2D eigenvalue weighted by Gasteiger charge is -2.32. The Balaban J connectivity index is 2.37. The van der Waals surface area contributed by atoms with Gasteiger partial charge in [-0.05, 0) is 31.0 Å². The number of hydrogen-bond donors (Lipinski definition) is 0. The van der Waals surface area contributed by atoms with Crippen molar-refractivity contribution in [2.75, 3.05) is 6.54 Å². The van der Waals surface area contributed by atoms with Crippen LogP contribution in [-0.2, 0) is 7.05 Å². The van der Waals surface area contributed by atoms with Crippen LogP contribution in [0.15, 0.2) is 18.2 Å². The molecule has 1 amide bonds. The van der Waals surface area contributed by atoms with Gasteiger partial charge < -0.3 is 4.90 Å². The number of halogens is 3. The van der Waals surface area contributed by atoms with Crippen LogP contribution in [0, 0.1) is 5.92 Å². The Morgan fingerprint density at radius 3 is 2.52 bits per heavy atom. The van der Waals surface area contributed by atoms with Crippen molar-refractivity contribution in [3.8, 4) is 0 Å². The summed E-state index contributed by atoms with van der Waals surface area (Å²) in [4.78, 5) is 13.5. The summed E-state index contributed by atoms with van der Waals surface area (Å²) in [6.07, 6.45) is -4.45. The number of carbonyl (C=O) groups excluding carboxylic acids is 1. The van der Waals surface area contributed by atoms with Crippen LogP contribution in [0.2, 0.25) is 0 Å². The molecule has 1 aromatic carbocycles. The van der Waals surface area contributed by atoms with E-state index in [0.29, 0.717) is 11.0 Å². The van der Waals surface area contributed by atoms with Gasteiger partial charge in [-0.2, -0.15) is 13.2 Å². The largest absolute Gasteiger partial charge is 0.406 e. The normalized spacial score (nSPS) is 13.6. The highest BCUT2D eigenvalue weighted by atomic mass is 19.4. The molecule has 0 spiro atoms. The molecule has 0 fully saturated rings. The van der Waals surface area contributed by atoms with Crippen molar-refractivity contribution in [2.24, 2.45) is 13.0 Å². The van der Waals surface area contributed by atoms with Gasteiger partial charge in [0.2, 0.25) is 0 Å². The van der Waals surface area contributed by atoms with E-state index in [1.54, 1.807) is 33.9 Å². The van der Waals surface area contributed by atoms with Gasteiger partial charge in [0, 0.05) is 18.7 Å². The molecule has 2 rings (SSSR count). The number of benzene rings is 1. The fourth-order valence-corrected chi connectivity index (χ4v) is 2.29. The molecule has 8 heteroatoms. The summed E-state index contributed by atoms with van der Waals surface area (Å²) in [6, 6.07) is 4.07. The summed E-state index contributed by atoms with van der Waals surface area (Å²) < 4.78 is 40.1. The van der Waals surface area contributed by atoms with Crippen LogP contribution < -0.4 is 0 Å². The molecular weight excluding hydrogens is 309 g/mol. The van der Waals surface area contributed by atoms with Crippen LogP contribution in [0.25, 0.3) is 11.0 Å². The fourth-order valence-electron chi connectivity index (χ4n) is 2.29. The molecule has 0 aliphatic carbocycles. The minimum Gasteiger partial charge on any atom is -0.327 e. The molecule has 0 saturated carbocycles. The van der Waals surface area contributed by atoms with Crippen molar-refractivity contribution >= 4 is 16.9 Å². The van der Waals surface area contributed by atoms with E-state index in [1.165, 1.54) is 16.8 Å². The maximum Gasteiger partial charge on any atom is 0.406 e. The quantitative estimate of drug-likeness (QED) is 0.867. The highest BCUT2D eigenvalue weighted by molar-refractivity contribution is 5.97. The van der Waals surface area contributed by atoms with Gasteiger partial charge in [-0.15, -0.1) is 5.10 Å². The molecule has 1 atom stereocenters. The lowest BCUT2D eigenvalue weighted by Crippen LogP contribution is -2.46. The highest BCUT2D eigenvalue weighted by Gasteiger charge is 2.36. The Kier molecular flexibility index (Phi) is 4.63. The number of nitrogens with zero attached hydrogens (tertiary/aromatic N) is 4. The number of amides is 1. The molecule has 1 heterocycles. The standard InChI is InChI=1S/C15H19F3N4O/c1-9(2)10(3)22(8-15(16,17)18)14(23)11-5-6-13-12(7-11)19-20-21(13)4/h5-7,9-10H,8H2,1-4H3/t10-/m0/s1. The van der Waals surface area contributed by atoms with Gasteiger partial charge in [-0.1, -0.05) is 19.1 Å². The molecule has 0 aliphatic rings. The molecule has 0 N–H and O–H groups in total. The Bertz CT molecular complexity index is 708.